The molecule has 1 atom stereocenters. The fourth-order valence-electron chi connectivity index (χ4n) is 3.71. The SMILES string of the molecule is Cl.NC(CC1CCCCC1)C(=O)NCc1ccc(N2CCOCC2)nc1. The number of carbonyl (C=O) groups excluding carboxylic acids is 1. The Balaban J connectivity index is 0.00000243. The van der Waals surface area contributed by atoms with Crippen molar-refractivity contribution in [1.82, 2.24) is 10.3 Å². The minimum absolute atomic E-state index is 0. The molecule has 0 aromatic carbocycles. The van der Waals surface area contributed by atoms with Gasteiger partial charge in [-0.25, -0.2) is 4.98 Å². The summed E-state index contributed by atoms with van der Waals surface area (Å²) in [5.74, 6) is 1.53. The van der Waals surface area contributed by atoms with Crippen molar-refractivity contribution in [3.05, 3.63) is 23.9 Å². The number of halogens is 1. The molecule has 1 unspecified atom stereocenters. The van der Waals surface area contributed by atoms with E-state index in [0.29, 0.717) is 12.5 Å². The van der Waals surface area contributed by atoms with Crippen LogP contribution in [0.25, 0.3) is 0 Å². The van der Waals surface area contributed by atoms with Gasteiger partial charge in [0.15, 0.2) is 0 Å². The highest BCUT2D eigenvalue weighted by molar-refractivity contribution is 5.85. The Morgan fingerprint density at radius 2 is 2.00 bits per heavy atom. The van der Waals surface area contributed by atoms with Crippen molar-refractivity contribution in [3.63, 3.8) is 0 Å². The molecular weight excluding hydrogens is 352 g/mol. The topological polar surface area (TPSA) is 80.5 Å². The van der Waals surface area contributed by atoms with E-state index >= 15 is 0 Å². The number of nitrogens with two attached hydrogens (primary N) is 1. The van der Waals surface area contributed by atoms with Crippen molar-refractivity contribution < 1.29 is 9.53 Å². The Morgan fingerprint density at radius 3 is 2.65 bits per heavy atom. The maximum atomic E-state index is 12.2. The van der Waals surface area contributed by atoms with Gasteiger partial charge in [0.25, 0.3) is 0 Å². The Morgan fingerprint density at radius 1 is 1.27 bits per heavy atom. The highest BCUT2D eigenvalue weighted by Crippen LogP contribution is 2.27. The average Bonchev–Trinajstić information content (AvgIpc) is 2.68. The molecule has 2 aliphatic rings. The second kappa shape index (κ2) is 10.7. The maximum Gasteiger partial charge on any atom is 0.237 e. The first kappa shape index (κ1) is 20.9. The van der Waals surface area contributed by atoms with Crippen molar-refractivity contribution in [2.45, 2.75) is 51.1 Å². The van der Waals surface area contributed by atoms with Crippen LogP contribution in [-0.2, 0) is 16.1 Å². The molecule has 1 saturated heterocycles. The number of pyridine rings is 1. The molecule has 0 bridgehead atoms. The molecule has 3 rings (SSSR count). The fraction of sp³-hybridized carbons (Fsp3) is 0.684. The van der Waals surface area contributed by atoms with Crippen LogP contribution in [0.2, 0.25) is 0 Å². The predicted molar refractivity (Wildman–Crippen MR) is 106 cm³/mol. The molecule has 7 heteroatoms. The molecule has 3 N–H and O–H groups in total. The van der Waals surface area contributed by atoms with Crippen LogP contribution in [0.15, 0.2) is 18.3 Å². The zero-order chi connectivity index (χ0) is 17.5. The summed E-state index contributed by atoms with van der Waals surface area (Å²) in [6, 6.07) is 3.63. The summed E-state index contributed by atoms with van der Waals surface area (Å²) >= 11 is 0. The number of rotatable bonds is 6. The normalized spacial score (nSPS) is 19.5. The molecule has 1 aliphatic heterocycles. The van der Waals surface area contributed by atoms with Gasteiger partial charge in [0.1, 0.15) is 5.82 Å². The largest absolute Gasteiger partial charge is 0.378 e. The number of aromatic nitrogens is 1. The van der Waals surface area contributed by atoms with Crippen LogP contribution in [0.1, 0.15) is 44.1 Å². The minimum atomic E-state index is -0.399. The highest BCUT2D eigenvalue weighted by atomic mass is 35.5. The van der Waals surface area contributed by atoms with Gasteiger partial charge in [-0.1, -0.05) is 38.2 Å². The molecule has 1 aromatic heterocycles. The van der Waals surface area contributed by atoms with E-state index in [4.69, 9.17) is 10.5 Å². The van der Waals surface area contributed by atoms with Crippen LogP contribution >= 0.6 is 12.4 Å². The maximum absolute atomic E-state index is 12.2. The third-order valence-electron chi connectivity index (χ3n) is 5.26. The molecule has 2 heterocycles. The fourth-order valence-corrected chi connectivity index (χ4v) is 3.71. The lowest BCUT2D eigenvalue weighted by atomic mass is 9.85. The van der Waals surface area contributed by atoms with Crippen LogP contribution < -0.4 is 16.0 Å². The molecular formula is C19H31ClN4O2. The number of amides is 1. The van der Waals surface area contributed by atoms with Crippen LogP contribution in [0.4, 0.5) is 5.82 Å². The van der Waals surface area contributed by atoms with Gasteiger partial charge in [-0.15, -0.1) is 12.4 Å². The lowest BCUT2D eigenvalue weighted by Gasteiger charge is -2.27. The third-order valence-corrected chi connectivity index (χ3v) is 5.26. The Hall–Kier alpha value is -1.37. The predicted octanol–water partition coefficient (Wildman–Crippen LogP) is 2.25. The molecule has 146 valence electrons. The van der Waals surface area contributed by atoms with E-state index < -0.39 is 6.04 Å². The van der Waals surface area contributed by atoms with Crippen molar-refractivity contribution in [2.75, 3.05) is 31.2 Å². The lowest BCUT2D eigenvalue weighted by Crippen LogP contribution is -2.41. The minimum Gasteiger partial charge on any atom is -0.378 e. The number of hydrogen-bond donors (Lipinski definition) is 2. The number of morpholine rings is 1. The molecule has 1 aromatic rings. The van der Waals surface area contributed by atoms with E-state index in [2.05, 4.69) is 15.2 Å². The van der Waals surface area contributed by atoms with Crippen molar-refractivity contribution in [2.24, 2.45) is 11.7 Å². The highest BCUT2D eigenvalue weighted by Gasteiger charge is 2.21. The number of carbonyl (C=O) groups is 1. The molecule has 26 heavy (non-hydrogen) atoms. The van der Waals surface area contributed by atoms with Crippen LogP contribution in [0, 0.1) is 5.92 Å². The first-order valence-corrected chi connectivity index (χ1v) is 9.53. The molecule has 2 fully saturated rings. The van der Waals surface area contributed by atoms with Gasteiger partial charge in [0.05, 0.1) is 19.3 Å². The number of nitrogens with one attached hydrogen (secondary N) is 1. The van der Waals surface area contributed by atoms with Gasteiger partial charge in [-0.05, 0) is 24.0 Å². The quantitative estimate of drug-likeness (QED) is 0.788. The van der Waals surface area contributed by atoms with Crippen LogP contribution in [0.5, 0.6) is 0 Å². The summed E-state index contributed by atoms with van der Waals surface area (Å²) < 4.78 is 5.36. The molecule has 1 saturated carbocycles. The molecule has 1 amide bonds. The number of anilines is 1. The molecule has 6 nitrogen and oxygen atoms in total. The summed E-state index contributed by atoms with van der Waals surface area (Å²) in [7, 11) is 0. The first-order chi connectivity index (χ1) is 12.2. The lowest BCUT2D eigenvalue weighted by molar-refractivity contribution is -0.123. The zero-order valence-electron chi connectivity index (χ0n) is 15.4. The van der Waals surface area contributed by atoms with E-state index in [1.807, 2.05) is 18.3 Å². The monoisotopic (exact) mass is 382 g/mol. The molecule has 0 radical (unpaired) electrons. The van der Waals surface area contributed by atoms with E-state index in [1.54, 1.807) is 0 Å². The van der Waals surface area contributed by atoms with Gasteiger partial charge in [0, 0.05) is 25.8 Å². The Labute approximate surface area is 162 Å². The second-order valence-electron chi connectivity index (χ2n) is 7.19. The molecule has 1 aliphatic carbocycles. The van der Waals surface area contributed by atoms with Crippen molar-refractivity contribution >= 4 is 24.1 Å². The van der Waals surface area contributed by atoms with Gasteiger partial charge in [-0.3, -0.25) is 4.79 Å². The van der Waals surface area contributed by atoms with Crippen LogP contribution in [-0.4, -0.2) is 43.2 Å². The average molecular weight is 383 g/mol. The van der Waals surface area contributed by atoms with Gasteiger partial charge in [0.2, 0.25) is 5.91 Å². The summed E-state index contributed by atoms with van der Waals surface area (Å²) in [5.41, 5.74) is 7.08. The van der Waals surface area contributed by atoms with Gasteiger partial charge in [-0.2, -0.15) is 0 Å². The first-order valence-electron chi connectivity index (χ1n) is 9.53. The summed E-state index contributed by atoms with van der Waals surface area (Å²) in [6.07, 6.45) is 8.95. The number of ether oxygens (including phenoxy) is 1. The Kier molecular flexibility index (Phi) is 8.62. The third kappa shape index (κ3) is 6.11. The second-order valence-corrected chi connectivity index (χ2v) is 7.19. The Bertz CT molecular complexity index is 543. The van der Waals surface area contributed by atoms with Gasteiger partial charge < -0.3 is 20.7 Å². The van der Waals surface area contributed by atoms with Crippen molar-refractivity contribution in [3.8, 4) is 0 Å². The van der Waals surface area contributed by atoms with Gasteiger partial charge >= 0.3 is 0 Å². The molecule has 0 spiro atoms. The number of nitrogens with zero attached hydrogens (tertiary/aromatic N) is 2. The van der Waals surface area contributed by atoms with E-state index in [0.717, 1.165) is 44.1 Å². The van der Waals surface area contributed by atoms with Crippen LogP contribution in [0.3, 0.4) is 0 Å². The summed E-state index contributed by atoms with van der Waals surface area (Å²) in [6.45, 7) is 3.72. The zero-order valence-corrected chi connectivity index (χ0v) is 16.2. The standard InChI is InChI=1S/C19H30N4O2.ClH/c20-17(12-15-4-2-1-3-5-15)19(24)22-14-16-6-7-18(21-13-16)23-8-10-25-11-9-23;/h6-7,13,15,17H,1-5,8-12,14,20H2,(H,22,24);1H. The van der Waals surface area contributed by atoms with Crippen molar-refractivity contribution in [1.29, 1.82) is 0 Å². The summed E-state index contributed by atoms with van der Waals surface area (Å²) in [5, 5.41) is 2.95. The van der Waals surface area contributed by atoms with E-state index in [-0.39, 0.29) is 18.3 Å². The van der Waals surface area contributed by atoms with E-state index in [9.17, 15) is 4.79 Å². The number of hydrogen-bond acceptors (Lipinski definition) is 5. The summed E-state index contributed by atoms with van der Waals surface area (Å²) in [4.78, 5) is 18.9. The van der Waals surface area contributed by atoms with E-state index in [1.165, 1.54) is 32.1 Å². The smallest absolute Gasteiger partial charge is 0.237 e.